The molecule has 1 atom stereocenters. The number of carbonyl (C=O) groups excluding carboxylic acids is 1. The highest BCUT2D eigenvalue weighted by Gasteiger charge is 2.24. The number of hydrogen-bond acceptors (Lipinski definition) is 4. The van der Waals surface area contributed by atoms with Crippen molar-refractivity contribution in [1.82, 2.24) is 0 Å². The van der Waals surface area contributed by atoms with Crippen molar-refractivity contribution in [3.8, 4) is 0 Å². The zero-order chi connectivity index (χ0) is 11.4. The van der Waals surface area contributed by atoms with Gasteiger partial charge in [0.2, 0.25) is 0 Å². The molecule has 0 spiro atoms. The fourth-order valence-electron chi connectivity index (χ4n) is 1.33. The van der Waals surface area contributed by atoms with E-state index in [0.717, 1.165) is 6.26 Å². The quantitative estimate of drug-likeness (QED) is 0.647. The van der Waals surface area contributed by atoms with E-state index in [9.17, 15) is 13.2 Å². The van der Waals surface area contributed by atoms with Crippen molar-refractivity contribution in [2.24, 2.45) is 11.8 Å². The van der Waals surface area contributed by atoms with Crippen molar-refractivity contribution in [3.63, 3.8) is 0 Å². The maximum atomic E-state index is 11.2. The minimum Gasteiger partial charge on any atom is -0.469 e. The largest absolute Gasteiger partial charge is 0.469 e. The molecule has 0 heterocycles. The van der Waals surface area contributed by atoms with Gasteiger partial charge in [-0.2, -0.15) is 0 Å². The molecule has 0 saturated heterocycles. The number of carbonyl (C=O) groups is 1. The van der Waals surface area contributed by atoms with Gasteiger partial charge in [0.1, 0.15) is 9.84 Å². The van der Waals surface area contributed by atoms with Gasteiger partial charge in [0.25, 0.3) is 0 Å². The predicted octanol–water partition coefficient (Wildman–Crippen LogP) is 0.866. The first-order valence-electron chi connectivity index (χ1n) is 4.51. The van der Waals surface area contributed by atoms with Crippen LogP contribution in [-0.2, 0) is 19.4 Å². The van der Waals surface area contributed by atoms with Crippen LogP contribution in [-0.4, -0.2) is 33.5 Å². The van der Waals surface area contributed by atoms with E-state index in [0.29, 0.717) is 6.42 Å². The fraction of sp³-hybridized carbons (Fsp3) is 0.889. The Labute approximate surface area is 85.6 Å². The number of hydrogen-bond donors (Lipinski definition) is 0. The first-order valence-corrected chi connectivity index (χ1v) is 6.58. The monoisotopic (exact) mass is 222 g/mol. The van der Waals surface area contributed by atoms with E-state index in [1.165, 1.54) is 7.11 Å². The Balaban J connectivity index is 4.48. The molecule has 1 unspecified atom stereocenters. The van der Waals surface area contributed by atoms with Gasteiger partial charge < -0.3 is 4.74 Å². The first kappa shape index (κ1) is 13.4. The van der Waals surface area contributed by atoms with E-state index >= 15 is 0 Å². The van der Waals surface area contributed by atoms with Crippen molar-refractivity contribution in [3.05, 3.63) is 0 Å². The lowest BCUT2D eigenvalue weighted by Crippen LogP contribution is -2.25. The van der Waals surface area contributed by atoms with Gasteiger partial charge in [-0.05, 0) is 12.3 Å². The molecule has 0 rings (SSSR count). The van der Waals surface area contributed by atoms with Crippen LogP contribution in [0.15, 0.2) is 0 Å². The topological polar surface area (TPSA) is 60.4 Å². The number of esters is 1. The Morgan fingerprint density at radius 3 is 2.14 bits per heavy atom. The summed E-state index contributed by atoms with van der Waals surface area (Å²) in [6.07, 6.45) is 1.67. The minimum atomic E-state index is -3.12. The number of methoxy groups -OCH3 is 1. The second-order valence-corrected chi connectivity index (χ2v) is 6.13. The third-order valence-electron chi connectivity index (χ3n) is 1.79. The van der Waals surface area contributed by atoms with Gasteiger partial charge in [-0.15, -0.1) is 0 Å². The average Bonchev–Trinajstić information content (AvgIpc) is 1.98. The Hall–Kier alpha value is -0.580. The van der Waals surface area contributed by atoms with E-state index in [4.69, 9.17) is 0 Å². The van der Waals surface area contributed by atoms with Crippen molar-refractivity contribution < 1.29 is 17.9 Å². The molecule has 0 radical (unpaired) electrons. The lowest BCUT2D eigenvalue weighted by atomic mass is 9.99. The molecule has 0 fully saturated rings. The zero-order valence-electron chi connectivity index (χ0n) is 9.11. The molecule has 84 valence electrons. The Morgan fingerprint density at radius 2 is 1.86 bits per heavy atom. The van der Waals surface area contributed by atoms with Crippen LogP contribution >= 0.6 is 0 Å². The summed E-state index contributed by atoms with van der Waals surface area (Å²) in [7, 11) is -1.85. The Morgan fingerprint density at radius 1 is 1.36 bits per heavy atom. The highest BCUT2D eigenvalue weighted by molar-refractivity contribution is 7.90. The highest BCUT2D eigenvalue weighted by Crippen LogP contribution is 2.15. The number of ether oxygens (including phenoxy) is 1. The second-order valence-electron chi connectivity index (χ2n) is 3.94. The van der Waals surface area contributed by atoms with Crippen LogP contribution in [0.4, 0.5) is 0 Å². The summed E-state index contributed by atoms with van der Waals surface area (Å²) in [4.78, 5) is 11.2. The van der Waals surface area contributed by atoms with Gasteiger partial charge in [-0.3, -0.25) is 4.79 Å². The molecule has 14 heavy (non-hydrogen) atoms. The summed E-state index contributed by atoms with van der Waals surface area (Å²) in [5.41, 5.74) is 0. The van der Waals surface area contributed by atoms with E-state index in [-0.39, 0.29) is 11.7 Å². The Bertz CT molecular complexity index is 279. The minimum absolute atomic E-state index is 0.127. The van der Waals surface area contributed by atoms with E-state index in [2.05, 4.69) is 4.74 Å². The van der Waals surface area contributed by atoms with E-state index < -0.39 is 21.7 Å². The standard InChI is InChI=1S/C9H18O4S/c1-7(2)5-8(9(10)13-3)6-14(4,11)12/h7-8H,5-6H2,1-4H3. The molecule has 0 aliphatic carbocycles. The van der Waals surface area contributed by atoms with Crippen molar-refractivity contribution >= 4 is 15.8 Å². The van der Waals surface area contributed by atoms with Gasteiger partial charge in [-0.1, -0.05) is 13.8 Å². The van der Waals surface area contributed by atoms with Crippen molar-refractivity contribution in [2.75, 3.05) is 19.1 Å². The maximum absolute atomic E-state index is 11.2. The van der Waals surface area contributed by atoms with Gasteiger partial charge in [0.05, 0.1) is 18.8 Å². The molecule has 0 saturated carbocycles. The lowest BCUT2D eigenvalue weighted by Gasteiger charge is -2.15. The van der Waals surface area contributed by atoms with Gasteiger partial charge in [0.15, 0.2) is 0 Å². The van der Waals surface area contributed by atoms with Gasteiger partial charge >= 0.3 is 5.97 Å². The maximum Gasteiger partial charge on any atom is 0.309 e. The van der Waals surface area contributed by atoms with E-state index in [1.54, 1.807) is 0 Å². The van der Waals surface area contributed by atoms with E-state index in [1.807, 2.05) is 13.8 Å². The summed E-state index contributed by atoms with van der Waals surface area (Å²) in [6.45, 7) is 3.89. The SMILES string of the molecule is COC(=O)C(CC(C)C)CS(C)(=O)=O. The third-order valence-corrected chi connectivity index (χ3v) is 2.80. The molecule has 4 nitrogen and oxygen atoms in total. The molecule has 0 aromatic rings. The zero-order valence-corrected chi connectivity index (χ0v) is 9.93. The number of sulfone groups is 1. The smallest absolute Gasteiger partial charge is 0.309 e. The molecule has 5 heteroatoms. The summed E-state index contributed by atoms with van der Waals surface area (Å²) < 4.78 is 26.6. The molecule has 0 aliphatic rings. The fourth-order valence-corrected chi connectivity index (χ4v) is 2.34. The molecular formula is C9H18O4S. The van der Waals surface area contributed by atoms with Crippen LogP contribution in [0.1, 0.15) is 20.3 Å². The normalized spacial score (nSPS) is 14.1. The molecule has 0 amide bonds. The highest BCUT2D eigenvalue weighted by atomic mass is 32.2. The third kappa shape index (κ3) is 5.96. The average molecular weight is 222 g/mol. The van der Waals surface area contributed by atoms with Crippen LogP contribution in [0.5, 0.6) is 0 Å². The van der Waals surface area contributed by atoms with Gasteiger partial charge in [0, 0.05) is 6.26 Å². The Kier molecular flexibility index (Phi) is 5.12. The predicted molar refractivity (Wildman–Crippen MR) is 54.7 cm³/mol. The molecule has 0 bridgehead atoms. The van der Waals surface area contributed by atoms with Crippen molar-refractivity contribution in [1.29, 1.82) is 0 Å². The van der Waals surface area contributed by atoms with Crippen LogP contribution in [0.3, 0.4) is 0 Å². The second kappa shape index (κ2) is 5.34. The summed E-state index contributed by atoms with van der Waals surface area (Å²) >= 11 is 0. The molecule has 0 N–H and O–H groups in total. The van der Waals surface area contributed by atoms with Crippen molar-refractivity contribution in [2.45, 2.75) is 20.3 Å². The lowest BCUT2D eigenvalue weighted by molar-refractivity contribution is -0.145. The molecule has 0 aromatic carbocycles. The summed E-state index contributed by atoms with van der Waals surface area (Å²) in [6, 6.07) is 0. The summed E-state index contributed by atoms with van der Waals surface area (Å²) in [5.74, 6) is -0.822. The first-order chi connectivity index (χ1) is 6.26. The molecular weight excluding hydrogens is 204 g/mol. The summed E-state index contributed by atoms with van der Waals surface area (Å²) in [5, 5.41) is 0. The van der Waals surface area contributed by atoms with Crippen LogP contribution in [0.2, 0.25) is 0 Å². The molecule has 0 aliphatic heterocycles. The molecule has 0 aromatic heterocycles. The van der Waals surface area contributed by atoms with Crippen LogP contribution in [0.25, 0.3) is 0 Å². The van der Waals surface area contributed by atoms with Crippen LogP contribution < -0.4 is 0 Å². The van der Waals surface area contributed by atoms with Crippen LogP contribution in [0, 0.1) is 11.8 Å². The number of rotatable bonds is 5. The van der Waals surface area contributed by atoms with Gasteiger partial charge in [-0.25, -0.2) is 8.42 Å².